The molecule has 1 unspecified atom stereocenters. The van der Waals surface area contributed by atoms with Crippen LogP contribution in [0.4, 0.5) is 11.9 Å². The maximum Gasteiger partial charge on any atom is 0.322 e. The molecule has 0 aromatic carbocycles. The zero-order valence-electron chi connectivity index (χ0n) is 11.8. The highest BCUT2D eigenvalue weighted by Crippen LogP contribution is 2.13. The van der Waals surface area contributed by atoms with Crippen molar-refractivity contribution in [1.29, 1.82) is 0 Å². The fourth-order valence-corrected chi connectivity index (χ4v) is 1.50. The molecule has 18 heavy (non-hydrogen) atoms. The first-order chi connectivity index (χ1) is 8.55. The van der Waals surface area contributed by atoms with E-state index in [-0.39, 0.29) is 0 Å². The van der Waals surface area contributed by atoms with Gasteiger partial charge in [0.15, 0.2) is 0 Å². The maximum absolute atomic E-state index is 5.03. The molecular weight excluding hydrogens is 230 g/mol. The predicted octanol–water partition coefficient (Wildman–Crippen LogP) is 2.16. The number of rotatable bonds is 7. The molecule has 6 nitrogen and oxygen atoms in total. The largest absolute Gasteiger partial charge is 0.467 e. The second-order valence-corrected chi connectivity index (χ2v) is 4.74. The molecule has 0 aliphatic heterocycles. The highest BCUT2D eigenvalue weighted by atomic mass is 16.5. The minimum atomic E-state index is 0.313. The standard InChI is InChI=1S/C12H23N5O/c1-8(2)6-7-9(3)14-11-15-10(13-4)16-12(17-11)18-5/h8-9H,6-7H2,1-5H3,(H2,13,14,15,16,17). The first kappa shape index (κ1) is 14.5. The molecule has 1 aromatic rings. The Balaban J connectivity index is 2.65. The SMILES string of the molecule is CNc1nc(NC(C)CCC(C)C)nc(OC)n1. The fraction of sp³-hybridized carbons (Fsp3) is 0.750. The summed E-state index contributed by atoms with van der Waals surface area (Å²) in [6.45, 7) is 6.56. The highest BCUT2D eigenvalue weighted by Gasteiger charge is 2.09. The maximum atomic E-state index is 5.03. The molecule has 2 N–H and O–H groups in total. The van der Waals surface area contributed by atoms with Crippen LogP contribution < -0.4 is 15.4 Å². The van der Waals surface area contributed by atoms with Crippen molar-refractivity contribution in [2.24, 2.45) is 5.92 Å². The fourth-order valence-electron chi connectivity index (χ4n) is 1.50. The van der Waals surface area contributed by atoms with Crippen molar-refractivity contribution in [2.75, 3.05) is 24.8 Å². The summed E-state index contributed by atoms with van der Waals surface area (Å²) in [5.41, 5.74) is 0. The van der Waals surface area contributed by atoms with Crippen LogP contribution >= 0.6 is 0 Å². The Hall–Kier alpha value is -1.59. The van der Waals surface area contributed by atoms with Crippen molar-refractivity contribution < 1.29 is 4.74 Å². The van der Waals surface area contributed by atoms with Crippen molar-refractivity contribution in [2.45, 2.75) is 39.7 Å². The third-order valence-electron chi connectivity index (χ3n) is 2.57. The van der Waals surface area contributed by atoms with Crippen LogP contribution in [0.3, 0.4) is 0 Å². The lowest BCUT2D eigenvalue weighted by Gasteiger charge is -2.15. The number of anilines is 2. The first-order valence-corrected chi connectivity index (χ1v) is 6.29. The number of ether oxygens (including phenoxy) is 1. The third kappa shape index (κ3) is 4.73. The highest BCUT2D eigenvalue weighted by molar-refractivity contribution is 5.35. The van der Waals surface area contributed by atoms with Crippen LogP contribution in [0.25, 0.3) is 0 Å². The molecule has 0 fully saturated rings. The second kappa shape index (κ2) is 6.98. The molecule has 0 aliphatic carbocycles. The zero-order valence-corrected chi connectivity index (χ0v) is 11.8. The van der Waals surface area contributed by atoms with Crippen LogP contribution in [0.1, 0.15) is 33.6 Å². The Labute approximate surface area is 109 Å². The normalized spacial score (nSPS) is 12.3. The van der Waals surface area contributed by atoms with Gasteiger partial charge in [-0.2, -0.15) is 15.0 Å². The van der Waals surface area contributed by atoms with E-state index in [9.17, 15) is 0 Å². The van der Waals surface area contributed by atoms with E-state index in [1.165, 1.54) is 6.42 Å². The molecule has 0 bridgehead atoms. The average molecular weight is 253 g/mol. The molecule has 1 atom stereocenters. The molecule has 1 heterocycles. The van der Waals surface area contributed by atoms with Gasteiger partial charge in [0.2, 0.25) is 11.9 Å². The minimum Gasteiger partial charge on any atom is -0.467 e. The van der Waals surface area contributed by atoms with Gasteiger partial charge in [0.25, 0.3) is 0 Å². The smallest absolute Gasteiger partial charge is 0.322 e. The number of nitrogens with zero attached hydrogens (tertiary/aromatic N) is 3. The molecule has 0 amide bonds. The van der Waals surface area contributed by atoms with Crippen LogP contribution in [-0.2, 0) is 0 Å². The van der Waals surface area contributed by atoms with Gasteiger partial charge < -0.3 is 15.4 Å². The Morgan fingerprint density at radius 1 is 1.06 bits per heavy atom. The summed E-state index contributed by atoms with van der Waals surface area (Å²) in [5.74, 6) is 1.75. The van der Waals surface area contributed by atoms with Gasteiger partial charge in [-0.3, -0.25) is 0 Å². The van der Waals surface area contributed by atoms with Crippen LogP contribution in [0, 0.1) is 5.92 Å². The van der Waals surface area contributed by atoms with Crippen LogP contribution in [-0.4, -0.2) is 35.2 Å². The van der Waals surface area contributed by atoms with E-state index in [1.54, 1.807) is 14.2 Å². The number of hydrogen-bond acceptors (Lipinski definition) is 6. The number of hydrogen-bond donors (Lipinski definition) is 2. The van der Waals surface area contributed by atoms with Crippen molar-refractivity contribution in [1.82, 2.24) is 15.0 Å². The summed E-state index contributed by atoms with van der Waals surface area (Å²) in [5, 5.41) is 6.15. The van der Waals surface area contributed by atoms with Crippen molar-refractivity contribution >= 4 is 11.9 Å². The lowest BCUT2D eigenvalue weighted by molar-refractivity contribution is 0.379. The van der Waals surface area contributed by atoms with Crippen molar-refractivity contribution in [3.05, 3.63) is 0 Å². The number of methoxy groups -OCH3 is 1. The Morgan fingerprint density at radius 2 is 1.72 bits per heavy atom. The summed E-state index contributed by atoms with van der Waals surface area (Å²) >= 11 is 0. The molecule has 0 aliphatic rings. The van der Waals surface area contributed by atoms with E-state index in [0.29, 0.717) is 29.9 Å². The van der Waals surface area contributed by atoms with Gasteiger partial charge in [0, 0.05) is 13.1 Å². The van der Waals surface area contributed by atoms with Gasteiger partial charge in [-0.25, -0.2) is 0 Å². The molecule has 0 radical (unpaired) electrons. The average Bonchev–Trinajstić information content (AvgIpc) is 2.35. The van der Waals surface area contributed by atoms with Gasteiger partial charge in [0.1, 0.15) is 0 Å². The van der Waals surface area contributed by atoms with Crippen molar-refractivity contribution in [3.63, 3.8) is 0 Å². The molecule has 0 saturated heterocycles. The van der Waals surface area contributed by atoms with Gasteiger partial charge in [0.05, 0.1) is 7.11 Å². The van der Waals surface area contributed by atoms with Crippen LogP contribution in [0.5, 0.6) is 6.01 Å². The Morgan fingerprint density at radius 3 is 2.28 bits per heavy atom. The summed E-state index contributed by atoms with van der Waals surface area (Å²) in [4.78, 5) is 12.5. The van der Waals surface area contributed by atoms with Crippen LogP contribution in [0.2, 0.25) is 0 Å². The molecule has 0 spiro atoms. The number of aromatic nitrogens is 3. The van der Waals surface area contributed by atoms with Crippen molar-refractivity contribution in [3.8, 4) is 6.01 Å². The Bertz CT molecular complexity index is 347. The molecular formula is C12H23N5O. The first-order valence-electron chi connectivity index (χ1n) is 6.29. The second-order valence-electron chi connectivity index (χ2n) is 4.74. The topological polar surface area (TPSA) is 72.0 Å². The van der Waals surface area contributed by atoms with Gasteiger partial charge >= 0.3 is 6.01 Å². The van der Waals surface area contributed by atoms with Gasteiger partial charge in [-0.1, -0.05) is 13.8 Å². The zero-order chi connectivity index (χ0) is 13.5. The van der Waals surface area contributed by atoms with E-state index >= 15 is 0 Å². The Kier molecular flexibility index (Phi) is 5.61. The molecule has 0 saturated carbocycles. The summed E-state index contributed by atoms with van der Waals surface area (Å²) < 4.78 is 5.03. The van der Waals surface area contributed by atoms with Gasteiger partial charge in [-0.15, -0.1) is 0 Å². The predicted molar refractivity (Wildman–Crippen MR) is 73.1 cm³/mol. The lowest BCUT2D eigenvalue weighted by Crippen LogP contribution is -2.18. The summed E-state index contributed by atoms with van der Waals surface area (Å²) in [7, 11) is 3.31. The number of nitrogens with one attached hydrogen (secondary N) is 2. The third-order valence-corrected chi connectivity index (χ3v) is 2.57. The molecule has 1 aromatic heterocycles. The minimum absolute atomic E-state index is 0.313. The van der Waals surface area contributed by atoms with E-state index in [1.807, 2.05) is 0 Å². The molecule has 102 valence electrons. The monoisotopic (exact) mass is 253 g/mol. The molecule has 6 heteroatoms. The lowest BCUT2D eigenvalue weighted by atomic mass is 10.0. The van der Waals surface area contributed by atoms with E-state index in [2.05, 4.69) is 46.4 Å². The quantitative estimate of drug-likeness (QED) is 0.776. The van der Waals surface area contributed by atoms with E-state index < -0.39 is 0 Å². The van der Waals surface area contributed by atoms with Gasteiger partial charge in [-0.05, 0) is 25.7 Å². The summed E-state index contributed by atoms with van der Waals surface area (Å²) in [6, 6.07) is 0.636. The summed E-state index contributed by atoms with van der Waals surface area (Å²) in [6.07, 6.45) is 2.26. The van der Waals surface area contributed by atoms with E-state index in [0.717, 1.165) is 6.42 Å². The van der Waals surface area contributed by atoms with Crippen LogP contribution in [0.15, 0.2) is 0 Å². The molecule has 1 rings (SSSR count). The van der Waals surface area contributed by atoms with E-state index in [4.69, 9.17) is 4.74 Å².